The van der Waals surface area contributed by atoms with Gasteiger partial charge < -0.3 is 5.32 Å². The van der Waals surface area contributed by atoms with Crippen molar-refractivity contribution in [3.05, 3.63) is 69.7 Å². The van der Waals surface area contributed by atoms with E-state index in [1.165, 1.54) is 11.6 Å². The Hall–Kier alpha value is -1.66. The zero-order chi connectivity index (χ0) is 19.2. The number of rotatable bonds is 4. The highest BCUT2D eigenvalue weighted by atomic mass is 35.5. The number of benzene rings is 2. The Labute approximate surface area is 174 Å². The molecule has 0 spiro atoms. The molecule has 1 saturated heterocycles. The minimum atomic E-state index is -0.337. The summed E-state index contributed by atoms with van der Waals surface area (Å²) in [4.78, 5) is 14.7. The van der Waals surface area contributed by atoms with Crippen molar-refractivity contribution in [1.29, 1.82) is 0 Å². The largest absolute Gasteiger partial charge is 0.360 e. The third-order valence-electron chi connectivity index (χ3n) is 4.57. The lowest BCUT2D eigenvalue weighted by Gasteiger charge is -2.32. The summed E-state index contributed by atoms with van der Waals surface area (Å²) in [5.41, 5.74) is 1.68. The Kier molecular flexibility index (Phi) is 7.07. The van der Waals surface area contributed by atoms with Crippen molar-refractivity contribution in [3.8, 4) is 0 Å². The first kappa shape index (κ1) is 20.1. The minimum absolute atomic E-state index is 0.255. The fraction of sp³-hybridized carbons (Fsp3) is 0.300. The maximum absolute atomic E-state index is 12.3. The number of likely N-dealkylation sites (tertiary alicyclic amines) is 1. The molecule has 1 fully saturated rings. The molecule has 0 aliphatic carbocycles. The maximum Gasteiger partial charge on any atom is 0.258 e. The number of hydrogen-bond acceptors (Lipinski definition) is 3. The van der Waals surface area contributed by atoms with E-state index in [1.54, 1.807) is 12.1 Å². The Balaban J connectivity index is 1.44. The Morgan fingerprint density at radius 2 is 1.81 bits per heavy atom. The molecule has 0 unspecified atom stereocenters. The molecule has 2 N–H and O–H groups in total. The van der Waals surface area contributed by atoms with E-state index in [0.29, 0.717) is 20.7 Å². The average molecular weight is 422 g/mol. The minimum Gasteiger partial charge on any atom is -0.360 e. The molecule has 2 aromatic carbocycles. The van der Waals surface area contributed by atoms with Gasteiger partial charge in [0.25, 0.3) is 5.91 Å². The molecule has 1 heterocycles. The third-order valence-corrected chi connectivity index (χ3v) is 5.34. The summed E-state index contributed by atoms with van der Waals surface area (Å²) in [6, 6.07) is 15.5. The van der Waals surface area contributed by atoms with Crippen LogP contribution in [0.5, 0.6) is 0 Å². The van der Waals surface area contributed by atoms with Crippen molar-refractivity contribution in [2.75, 3.05) is 13.1 Å². The number of carbonyl (C=O) groups excluding carboxylic acids is 1. The van der Waals surface area contributed by atoms with E-state index in [9.17, 15) is 4.79 Å². The molecular formula is C20H21Cl2N3OS. The van der Waals surface area contributed by atoms with Gasteiger partial charge >= 0.3 is 0 Å². The van der Waals surface area contributed by atoms with Gasteiger partial charge in [-0.1, -0.05) is 53.5 Å². The fourth-order valence-corrected chi connectivity index (χ4v) is 3.90. The van der Waals surface area contributed by atoms with Gasteiger partial charge in [0.15, 0.2) is 5.11 Å². The second-order valence-corrected chi connectivity index (χ2v) is 7.84. The van der Waals surface area contributed by atoms with Crippen LogP contribution < -0.4 is 10.6 Å². The molecule has 0 atom stereocenters. The molecule has 0 radical (unpaired) electrons. The predicted octanol–water partition coefficient (Wildman–Crippen LogP) is 4.26. The van der Waals surface area contributed by atoms with Gasteiger partial charge in [0.1, 0.15) is 0 Å². The van der Waals surface area contributed by atoms with E-state index in [4.69, 9.17) is 35.4 Å². The lowest BCUT2D eigenvalue weighted by atomic mass is 10.0. The van der Waals surface area contributed by atoms with Crippen LogP contribution in [0.25, 0.3) is 0 Å². The van der Waals surface area contributed by atoms with Gasteiger partial charge in [0, 0.05) is 30.7 Å². The maximum atomic E-state index is 12.3. The summed E-state index contributed by atoms with van der Waals surface area (Å²) in [7, 11) is 0. The van der Waals surface area contributed by atoms with Crippen LogP contribution in [0, 0.1) is 0 Å². The summed E-state index contributed by atoms with van der Waals surface area (Å²) in [5, 5.41) is 7.05. The van der Waals surface area contributed by atoms with E-state index in [1.807, 2.05) is 6.07 Å². The van der Waals surface area contributed by atoms with E-state index in [0.717, 1.165) is 32.5 Å². The smallest absolute Gasteiger partial charge is 0.258 e. The summed E-state index contributed by atoms with van der Waals surface area (Å²) >= 11 is 17.2. The molecular weight excluding hydrogens is 401 g/mol. The molecule has 1 aliphatic rings. The number of amides is 1. The van der Waals surface area contributed by atoms with Gasteiger partial charge in [-0.25, -0.2) is 0 Å². The van der Waals surface area contributed by atoms with E-state index in [-0.39, 0.29) is 11.9 Å². The van der Waals surface area contributed by atoms with Crippen molar-refractivity contribution in [2.24, 2.45) is 0 Å². The molecule has 142 valence electrons. The topological polar surface area (TPSA) is 44.4 Å². The summed E-state index contributed by atoms with van der Waals surface area (Å²) in [6.45, 7) is 2.95. The molecule has 0 bridgehead atoms. The van der Waals surface area contributed by atoms with Crippen LogP contribution in [-0.2, 0) is 6.54 Å². The fourth-order valence-electron chi connectivity index (χ4n) is 3.14. The van der Waals surface area contributed by atoms with E-state index in [2.05, 4.69) is 39.8 Å². The predicted molar refractivity (Wildman–Crippen MR) is 114 cm³/mol. The zero-order valence-electron chi connectivity index (χ0n) is 14.8. The van der Waals surface area contributed by atoms with Crippen LogP contribution in [0.1, 0.15) is 28.8 Å². The average Bonchev–Trinajstić information content (AvgIpc) is 2.64. The second kappa shape index (κ2) is 9.51. The molecule has 3 rings (SSSR count). The number of carbonyl (C=O) groups is 1. The lowest BCUT2D eigenvalue weighted by Crippen LogP contribution is -2.48. The molecule has 7 heteroatoms. The van der Waals surface area contributed by atoms with Crippen LogP contribution in [0.4, 0.5) is 0 Å². The van der Waals surface area contributed by atoms with Crippen molar-refractivity contribution in [2.45, 2.75) is 25.4 Å². The number of thiocarbonyl (C=S) groups is 1. The summed E-state index contributed by atoms with van der Waals surface area (Å²) in [6.07, 6.45) is 1.95. The van der Waals surface area contributed by atoms with Crippen molar-refractivity contribution >= 4 is 46.4 Å². The van der Waals surface area contributed by atoms with Crippen molar-refractivity contribution < 1.29 is 4.79 Å². The van der Waals surface area contributed by atoms with Crippen LogP contribution in [0.3, 0.4) is 0 Å². The van der Waals surface area contributed by atoms with Gasteiger partial charge in [-0.3, -0.25) is 15.0 Å². The second-order valence-electron chi connectivity index (χ2n) is 6.59. The first-order valence-electron chi connectivity index (χ1n) is 8.84. The Bertz CT molecular complexity index is 808. The highest BCUT2D eigenvalue weighted by Crippen LogP contribution is 2.21. The number of nitrogens with zero attached hydrogens (tertiary/aromatic N) is 1. The van der Waals surface area contributed by atoms with Gasteiger partial charge in [0.05, 0.1) is 10.6 Å². The monoisotopic (exact) mass is 421 g/mol. The van der Waals surface area contributed by atoms with Gasteiger partial charge in [-0.15, -0.1) is 0 Å². The molecule has 0 saturated carbocycles. The Morgan fingerprint density at radius 3 is 2.48 bits per heavy atom. The summed E-state index contributed by atoms with van der Waals surface area (Å²) < 4.78 is 0. The summed E-state index contributed by atoms with van der Waals surface area (Å²) in [5.74, 6) is -0.337. The molecule has 2 aromatic rings. The molecule has 27 heavy (non-hydrogen) atoms. The third kappa shape index (κ3) is 5.91. The van der Waals surface area contributed by atoms with Crippen LogP contribution >= 0.6 is 35.4 Å². The van der Waals surface area contributed by atoms with E-state index >= 15 is 0 Å². The van der Waals surface area contributed by atoms with Gasteiger partial charge in [-0.05, 0) is 48.8 Å². The van der Waals surface area contributed by atoms with Crippen LogP contribution in [-0.4, -0.2) is 35.1 Å². The number of halogens is 2. The first-order valence-corrected chi connectivity index (χ1v) is 10.0. The molecule has 1 aliphatic heterocycles. The van der Waals surface area contributed by atoms with Crippen molar-refractivity contribution in [3.63, 3.8) is 0 Å². The van der Waals surface area contributed by atoms with Crippen LogP contribution in [0.2, 0.25) is 10.0 Å². The quantitative estimate of drug-likeness (QED) is 0.723. The zero-order valence-corrected chi connectivity index (χ0v) is 17.1. The highest BCUT2D eigenvalue weighted by Gasteiger charge is 2.20. The van der Waals surface area contributed by atoms with Crippen molar-refractivity contribution in [1.82, 2.24) is 15.5 Å². The Morgan fingerprint density at radius 1 is 1.11 bits per heavy atom. The highest BCUT2D eigenvalue weighted by molar-refractivity contribution is 7.80. The number of hydrogen-bond donors (Lipinski definition) is 2. The normalized spacial score (nSPS) is 15.3. The van der Waals surface area contributed by atoms with Gasteiger partial charge in [0.2, 0.25) is 0 Å². The number of nitrogens with one attached hydrogen (secondary N) is 2. The number of piperidine rings is 1. The standard InChI is InChI=1S/C20H21Cl2N3OS/c21-15-6-7-17(18(22)12-15)19(26)24-20(27)23-16-8-10-25(11-9-16)13-14-4-2-1-3-5-14/h1-7,12,16H,8-11,13H2,(H2,23,24,26,27). The molecule has 0 aromatic heterocycles. The molecule has 1 amide bonds. The van der Waals surface area contributed by atoms with Crippen LogP contribution in [0.15, 0.2) is 48.5 Å². The SMILES string of the molecule is O=C(NC(=S)NC1CCN(Cc2ccccc2)CC1)c1ccc(Cl)cc1Cl. The van der Waals surface area contributed by atoms with E-state index < -0.39 is 0 Å². The lowest BCUT2D eigenvalue weighted by molar-refractivity contribution is 0.0976. The molecule has 4 nitrogen and oxygen atoms in total. The van der Waals surface area contributed by atoms with Gasteiger partial charge in [-0.2, -0.15) is 0 Å². The first-order chi connectivity index (χ1) is 13.0.